The number of hydrogen-bond acceptors (Lipinski definition) is 1. The highest BCUT2D eigenvalue weighted by molar-refractivity contribution is 9.09. The number of ketones is 1. The lowest BCUT2D eigenvalue weighted by Crippen LogP contribution is -2.48. The number of carbonyl (C=O) groups is 1. The Hall–Kier alpha value is 0.0800. The van der Waals surface area contributed by atoms with Crippen molar-refractivity contribution in [2.45, 2.75) is 85.5 Å². The molecule has 0 saturated heterocycles. The van der Waals surface area contributed by atoms with E-state index in [9.17, 15) is 9.18 Å². The standard InChI is InChI=1S/C21H34BrFO.C2H6/c1-3-4-15-14(10-12-23)5-6-17-16(15)9-11-21(2)18(17)7-8-19(21)20(24)13-22;1-2/h14-19H,3-13H2,1-2H3;1-2H3. The second-order valence-electron chi connectivity index (χ2n) is 8.98. The van der Waals surface area contributed by atoms with E-state index < -0.39 is 0 Å². The summed E-state index contributed by atoms with van der Waals surface area (Å²) in [4.78, 5) is 12.4. The minimum atomic E-state index is -0.148. The van der Waals surface area contributed by atoms with Gasteiger partial charge in [0.15, 0.2) is 0 Å². The zero-order chi connectivity index (χ0) is 19.3. The number of halogens is 2. The summed E-state index contributed by atoms with van der Waals surface area (Å²) in [5.74, 6) is 4.37. The summed E-state index contributed by atoms with van der Waals surface area (Å²) < 4.78 is 13.0. The van der Waals surface area contributed by atoms with E-state index in [1.165, 1.54) is 44.9 Å². The molecule has 26 heavy (non-hydrogen) atoms. The van der Waals surface area contributed by atoms with Crippen molar-refractivity contribution >= 4 is 21.7 Å². The van der Waals surface area contributed by atoms with Gasteiger partial charge in [-0.25, -0.2) is 0 Å². The Bertz CT molecular complexity index is 453. The largest absolute Gasteiger partial charge is 0.298 e. The van der Waals surface area contributed by atoms with Gasteiger partial charge >= 0.3 is 0 Å². The normalized spacial score (nSPS) is 41.6. The van der Waals surface area contributed by atoms with Crippen molar-refractivity contribution in [1.29, 1.82) is 0 Å². The first kappa shape index (κ1) is 22.4. The second-order valence-corrected chi connectivity index (χ2v) is 9.54. The van der Waals surface area contributed by atoms with E-state index in [-0.39, 0.29) is 18.0 Å². The van der Waals surface area contributed by atoms with E-state index in [1.807, 2.05) is 13.8 Å². The fraction of sp³-hybridized carbons (Fsp3) is 0.957. The molecule has 0 spiro atoms. The Morgan fingerprint density at radius 1 is 1.08 bits per heavy atom. The number of hydrogen-bond donors (Lipinski definition) is 0. The third-order valence-corrected chi connectivity index (χ3v) is 8.69. The summed E-state index contributed by atoms with van der Waals surface area (Å²) in [7, 11) is 0. The highest BCUT2D eigenvalue weighted by Crippen LogP contribution is 2.63. The van der Waals surface area contributed by atoms with E-state index in [2.05, 4.69) is 29.8 Å². The SMILES string of the molecule is CC.CCCC1C(CCF)CCC2C1CCC1(C)C(C(=O)CBr)CCC21. The molecule has 3 heteroatoms. The first-order chi connectivity index (χ1) is 12.6. The molecule has 7 atom stereocenters. The number of rotatable bonds is 6. The maximum atomic E-state index is 13.0. The lowest BCUT2D eigenvalue weighted by molar-refractivity contribution is -0.127. The Morgan fingerprint density at radius 3 is 2.42 bits per heavy atom. The molecule has 0 aromatic heterocycles. The maximum absolute atomic E-state index is 13.0. The molecule has 7 unspecified atom stereocenters. The minimum absolute atomic E-state index is 0.148. The smallest absolute Gasteiger partial charge is 0.147 e. The van der Waals surface area contributed by atoms with Gasteiger partial charge < -0.3 is 0 Å². The third kappa shape index (κ3) is 4.08. The van der Waals surface area contributed by atoms with Crippen molar-refractivity contribution in [3.05, 3.63) is 0 Å². The molecule has 0 bridgehead atoms. The van der Waals surface area contributed by atoms with Crippen LogP contribution in [0.3, 0.4) is 0 Å². The van der Waals surface area contributed by atoms with E-state index >= 15 is 0 Å². The number of alkyl halides is 2. The van der Waals surface area contributed by atoms with Crippen LogP contribution in [-0.2, 0) is 4.79 Å². The van der Waals surface area contributed by atoms with Gasteiger partial charge in [-0.2, -0.15) is 0 Å². The summed E-state index contributed by atoms with van der Waals surface area (Å²) in [6, 6.07) is 0. The third-order valence-electron chi connectivity index (χ3n) is 8.14. The van der Waals surface area contributed by atoms with Gasteiger partial charge in [-0.3, -0.25) is 9.18 Å². The molecule has 3 rings (SSSR count). The highest BCUT2D eigenvalue weighted by Gasteiger charge is 2.57. The molecule has 3 aliphatic carbocycles. The quantitative estimate of drug-likeness (QED) is 0.406. The molecule has 3 saturated carbocycles. The van der Waals surface area contributed by atoms with Crippen LogP contribution in [0.2, 0.25) is 0 Å². The summed E-state index contributed by atoms with van der Waals surface area (Å²) in [6.45, 7) is 8.54. The average molecular weight is 431 g/mol. The fourth-order valence-electron chi connectivity index (χ4n) is 7.14. The monoisotopic (exact) mass is 430 g/mol. The average Bonchev–Trinajstić information content (AvgIpc) is 3.02. The molecule has 1 nitrogen and oxygen atoms in total. The van der Waals surface area contributed by atoms with Gasteiger partial charge in [0.1, 0.15) is 5.78 Å². The number of fused-ring (bicyclic) bond motifs is 3. The number of Topliss-reactive ketones (excluding diaryl/α,β-unsaturated/α-hetero) is 1. The second kappa shape index (κ2) is 10.0. The maximum Gasteiger partial charge on any atom is 0.147 e. The van der Waals surface area contributed by atoms with E-state index in [1.54, 1.807) is 0 Å². The van der Waals surface area contributed by atoms with Crippen LogP contribution in [0.4, 0.5) is 4.39 Å². The topological polar surface area (TPSA) is 17.1 Å². The van der Waals surface area contributed by atoms with Crippen molar-refractivity contribution in [2.24, 2.45) is 40.9 Å². The van der Waals surface area contributed by atoms with Gasteiger partial charge in [-0.05, 0) is 80.0 Å². The molecule has 3 fully saturated rings. The van der Waals surface area contributed by atoms with Crippen molar-refractivity contribution in [3.63, 3.8) is 0 Å². The van der Waals surface area contributed by atoms with Crippen LogP contribution >= 0.6 is 15.9 Å². The zero-order valence-corrected chi connectivity index (χ0v) is 19.0. The van der Waals surface area contributed by atoms with E-state index in [0.717, 1.165) is 36.5 Å². The summed E-state index contributed by atoms with van der Waals surface area (Å²) in [5, 5.41) is 0.519. The fourth-order valence-corrected chi connectivity index (χ4v) is 7.53. The molecule has 0 N–H and O–H groups in total. The summed E-state index contributed by atoms with van der Waals surface area (Å²) >= 11 is 3.40. The molecule has 0 amide bonds. The van der Waals surface area contributed by atoms with Crippen molar-refractivity contribution in [2.75, 3.05) is 12.0 Å². The van der Waals surface area contributed by atoms with Crippen molar-refractivity contribution in [3.8, 4) is 0 Å². The van der Waals surface area contributed by atoms with Crippen LogP contribution in [0.5, 0.6) is 0 Å². The van der Waals surface area contributed by atoms with Gasteiger partial charge in [0.25, 0.3) is 0 Å². The lowest BCUT2D eigenvalue weighted by Gasteiger charge is -2.54. The summed E-state index contributed by atoms with van der Waals surface area (Å²) in [5.41, 5.74) is 0.232. The van der Waals surface area contributed by atoms with Crippen LogP contribution in [0, 0.1) is 40.9 Å². The van der Waals surface area contributed by atoms with Crippen LogP contribution in [-0.4, -0.2) is 17.8 Å². The lowest BCUT2D eigenvalue weighted by atomic mass is 9.50. The van der Waals surface area contributed by atoms with Crippen molar-refractivity contribution < 1.29 is 9.18 Å². The minimum Gasteiger partial charge on any atom is -0.298 e. The van der Waals surface area contributed by atoms with Crippen LogP contribution < -0.4 is 0 Å². The van der Waals surface area contributed by atoms with Crippen LogP contribution in [0.1, 0.15) is 85.5 Å². The molecule has 0 aliphatic heterocycles. The van der Waals surface area contributed by atoms with Crippen LogP contribution in [0.15, 0.2) is 0 Å². The Labute approximate surface area is 169 Å². The van der Waals surface area contributed by atoms with Crippen molar-refractivity contribution in [1.82, 2.24) is 0 Å². The molecular formula is C23H40BrFO. The van der Waals surface area contributed by atoms with Crippen LogP contribution in [0.25, 0.3) is 0 Å². The first-order valence-electron chi connectivity index (χ1n) is 11.2. The van der Waals surface area contributed by atoms with E-state index in [0.29, 0.717) is 17.0 Å². The first-order valence-corrected chi connectivity index (χ1v) is 12.3. The van der Waals surface area contributed by atoms with Gasteiger partial charge in [0.2, 0.25) is 0 Å². The predicted molar refractivity (Wildman–Crippen MR) is 112 cm³/mol. The Morgan fingerprint density at radius 2 is 1.81 bits per heavy atom. The molecule has 0 radical (unpaired) electrons. The zero-order valence-electron chi connectivity index (χ0n) is 17.4. The molecule has 0 aromatic carbocycles. The predicted octanol–water partition coefficient (Wildman–Crippen LogP) is 7.22. The number of carbonyl (C=O) groups excluding carboxylic acids is 1. The Balaban J connectivity index is 0.00000117. The molecule has 3 aliphatic rings. The molecule has 152 valence electrons. The molecule has 0 aromatic rings. The van der Waals surface area contributed by atoms with Gasteiger partial charge in [0.05, 0.1) is 12.0 Å². The van der Waals surface area contributed by atoms with Gasteiger partial charge in [0, 0.05) is 5.92 Å². The summed E-state index contributed by atoms with van der Waals surface area (Å²) in [6.07, 6.45) is 10.6. The van der Waals surface area contributed by atoms with Gasteiger partial charge in [-0.15, -0.1) is 0 Å². The molecular weight excluding hydrogens is 391 g/mol. The van der Waals surface area contributed by atoms with E-state index in [4.69, 9.17) is 0 Å². The Kier molecular flexibility index (Phi) is 8.63. The molecule has 0 heterocycles. The van der Waals surface area contributed by atoms with Gasteiger partial charge in [-0.1, -0.05) is 56.5 Å². The highest BCUT2D eigenvalue weighted by atomic mass is 79.9.